The van der Waals surface area contributed by atoms with E-state index in [2.05, 4.69) is 31.4 Å². The van der Waals surface area contributed by atoms with Gasteiger partial charge in [-0.05, 0) is 32.6 Å². The fourth-order valence-corrected chi connectivity index (χ4v) is 1.65. The van der Waals surface area contributed by atoms with Crippen LogP contribution in [0.1, 0.15) is 68.7 Å². The van der Waals surface area contributed by atoms with Gasteiger partial charge in [0, 0.05) is 11.0 Å². The van der Waals surface area contributed by atoms with Crippen molar-refractivity contribution in [2.45, 2.75) is 80.3 Å². The summed E-state index contributed by atoms with van der Waals surface area (Å²) in [5.74, 6) is -0.221. The standard InChI is InChI=1S/C16H32N2O2/c1-14(2,3)10-11(12(19)18-16(7,8)9)17-13(20)15(4,5)6/h11H,10H2,1-9H3,(H,17,20)(H,18,19)/t11-/m0/s1. The van der Waals surface area contributed by atoms with Crippen molar-refractivity contribution < 1.29 is 9.59 Å². The first kappa shape index (κ1) is 18.9. The minimum Gasteiger partial charge on any atom is -0.350 e. The molecule has 4 nitrogen and oxygen atoms in total. The Hall–Kier alpha value is -1.06. The van der Waals surface area contributed by atoms with Crippen LogP contribution in [0.3, 0.4) is 0 Å². The van der Waals surface area contributed by atoms with Crippen molar-refractivity contribution in [3.05, 3.63) is 0 Å². The van der Waals surface area contributed by atoms with Gasteiger partial charge in [-0.15, -0.1) is 0 Å². The number of hydrogen-bond donors (Lipinski definition) is 2. The third-order valence-electron chi connectivity index (χ3n) is 2.62. The molecule has 0 aromatic heterocycles. The molecule has 2 N–H and O–H groups in total. The fraction of sp³-hybridized carbons (Fsp3) is 0.875. The number of carbonyl (C=O) groups is 2. The molecule has 118 valence electrons. The summed E-state index contributed by atoms with van der Waals surface area (Å²) in [5, 5.41) is 5.83. The topological polar surface area (TPSA) is 58.2 Å². The minimum absolute atomic E-state index is 0.0367. The molecule has 0 aliphatic heterocycles. The Morgan fingerprint density at radius 1 is 0.900 bits per heavy atom. The van der Waals surface area contributed by atoms with Crippen LogP contribution in [0.2, 0.25) is 0 Å². The van der Waals surface area contributed by atoms with Gasteiger partial charge in [0.25, 0.3) is 0 Å². The third kappa shape index (κ3) is 8.18. The second kappa shape index (κ2) is 6.15. The number of nitrogens with one attached hydrogen (secondary N) is 2. The molecule has 1 atom stereocenters. The van der Waals surface area contributed by atoms with E-state index in [1.807, 2.05) is 41.5 Å². The van der Waals surface area contributed by atoms with Gasteiger partial charge in [0.1, 0.15) is 6.04 Å². The summed E-state index contributed by atoms with van der Waals surface area (Å²) in [6.45, 7) is 17.5. The lowest BCUT2D eigenvalue weighted by atomic mass is 9.86. The zero-order valence-electron chi connectivity index (χ0n) is 14.6. The minimum atomic E-state index is -0.502. The highest BCUT2D eigenvalue weighted by Crippen LogP contribution is 2.22. The van der Waals surface area contributed by atoms with Crippen molar-refractivity contribution in [2.75, 3.05) is 0 Å². The second-order valence-electron chi connectivity index (χ2n) is 8.78. The van der Waals surface area contributed by atoms with Crippen LogP contribution in [-0.2, 0) is 9.59 Å². The van der Waals surface area contributed by atoms with E-state index >= 15 is 0 Å². The monoisotopic (exact) mass is 284 g/mol. The summed E-state index contributed by atoms with van der Waals surface area (Å²) in [4.78, 5) is 24.5. The summed E-state index contributed by atoms with van der Waals surface area (Å²) in [6, 6.07) is -0.499. The van der Waals surface area contributed by atoms with Gasteiger partial charge in [-0.1, -0.05) is 41.5 Å². The normalized spacial score (nSPS) is 14.7. The Morgan fingerprint density at radius 3 is 1.65 bits per heavy atom. The molecule has 0 spiro atoms. The predicted octanol–water partition coefficient (Wildman–Crippen LogP) is 2.87. The molecule has 0 fully saturated rings. The molecule has 0 bridgehead atoms. The Balaban J connectivity index is 5.01. The molecular formula is C16H32N2O2. The van der Waals surface area contributed by atoms with Crippen LogP contribution >= 0.6 is 0 Å². The summed E-state index contributed by atoms with van der Waals surface area (Å²) < 4.78 is 0. The molecule has 0 saturated heterocycles. The van der Waals surface area contributed by atoms with Crippen molar-refractivity contribution in [1.29, 1.82) is 0 Å². The quantitative estimate of drug-likeness (QED) is 0.837. The first-order chi connectivity index (χ1) is 8.62. The van der Waals surface area contributed by atoms with E-state index in [0.717, 1.165) is 0 Å². The van der Waals surface area contributed by atoms with E-state index in [0.29, 0.717) is 6.42 Å². The van der Waals surface area contributed by atoms with Gasteiger partial charge >= 0.3 is 0 Å². The number of carbonyl (C=O) groups excluding carboxylic acids is 2. The van der Waals surface area contributed by atoms with Gasteiger partial charge in [0.2, 0.25) is 11.8 Å². The summed E-state index contributed by atoms with van der Waals surface area (Å²) in [6.07, 6.45) is 0.608. The second-order valence-corrected chi connectivity index (χ2v) is 8.78. The molecule has 4 heteroatoms. The van der Waals surface area contributed by atoms with Gasteiger partial charge in [0.05, 0.1) is 0 Å². The van der Waals surface area contributed by atoms with Crippen LogP contribution in [0.4, 0.5) is 0 Å². The Kier molecular flexibility index (Phi) is 5.82. The van der Waals surface area contributed by atoms with E-state index < -0.39 is 11.5 Å². The summed E-state index contributed by atoms with van der Waals surface area (Å²) in [5.41, 5.74) is -0.844. The lowest BCUT2D eigenvalue weighted by molar-refractivity contribution is -0.134. The molecule has 0 aliphatic rings. The molecule has 0 aromatic rings. The van der Waals surface area contributed by atoms with E-state index in [9.17, 15) is 9.59 Å². The van der Waals surface area contributed by atoms with Crippen molar-refractivity contribution in [2.24, 2.45) is 10.8 Å². The molecule has 0 aromatic carbocycles. The molecule has 0 rings (SSSR count). The van der Waals surface area contributed by atoms with Crippen LogP contribution in [0, 0.1) is 10.8 Å². The maximum Gasteiger partial charge on any atom is 0.242 e. The maximum absolute atomic E-state index is 12.4. The zero-order chi connectivity index (χ0) is 16.4. The maximum atomic E-state index is 12.4. The van der Waals surface area contributed by atoms with Gasteiger partial charge in [0.15, 0.2) is 0 Å². The van der Waals surface area contributed by atoms with Crippen LogP contribution in [0.25, 0.3) is 0 Å². The average Bonchev–Trinajstić information content (AvgIpc) is 2.09. The van der Waals surface area contributed by atoms with Crippen LogP contribution in [0.15, 0.2) is 0 Å². The smallest absolute Gasteiger partial charge is 0.242 e. The molecule has 0 unspecified atom stereocenters. The lowest BCUT2D eigenvalue weighted by Crippen LogP contribution is -2.54. The number of hydrogen-bond acceptors (Lipinski definition) is 2. The average molecular weight is 284 g/mol. The van der Waals surface area contributed by atoms with Gasteiger partial charge < -0.3 is 10.6 Å². The SMILES string of the molecule is CC(C)(C)C[C@H](NC(=O)C(C)(C)C)C(=O)NC(C)(C)C. The Labute approximate surface area is 124 Å². The molecule has 0 heterocycles. The number of amides is 2. The fourth-order valence-electron chi connectivity index (χ4n) is 1.65. The highest BCUT2D eigenvalue weighted by Gasteiger charge is 2.31. The molecule has 2 amide bonds. The van der Waals surface area contributed by atoms with Gasteiger partial charge in [-0.2, -0.15) is 0 Å². The van der Waals surface area contributed by atoms with Crippen molar-refractivity contribution in [1.82, 2.24) is 10.6 Å². The summed E-state index contributed by atoms with van der Waals surface area (Å²) in [7, 11) is 0. The molecule has 0 saturated carbocycles. The first-order valence-electron chi connectivity index (χ1n) is 7.25. The highest BCUT2D eigenvalue weighted by atomic mass is 16.2. The Bertz CT molecular complexity index is 354. The van der Waals surface area contributed by atoms with Crippen LogP contribution in [0.5, 0.6) is 0 Å². The zero-order valence-corrected chi connectivity index (χ0v) is 14.6. The van der Waals surface area contributed by atoms with E-state index in [1.54, 1.807) is 0 Å². The number of rotatable bonds is 3. The predicted molar refractivity (Wildman–Crippen MR) is 83.4 cm³/mol. The third-order valence-corrected chi connectivity index (χ3v) is 2.62. The van der Waals surface area contributed by atoms with Crippen molar-refractivity contribution in [3.63, 3.8) is 0 Å². The van der Waals surface area contributed by atoms with Crippen LogP contribution < -0.4 is 10.6 Å². The first-order valence-corrected chi connectivity index (χ1v) is 7.25. The lowest BCUT2D eigenvalue weighted by Gasteiger charge is -2.31. The van der Waals surface area contributed by atoms with Crippen LogP contribution in [-0.4, -0.2) is 23.4 Å². The summed E-state index contributed by atoms with van der Waals surface area (Å²) >= 11 is 0. The largest absolute Gasteiger partial charge is 0.350 e. The van der Waals surface area contributed by atoms with E-state index in [4.69, 9.17) is 0 Å². The van der Waals surface area contributed by atoms with E-state index in [1.165, 1.54) is 0 Å². The highest BCUT2D eigenvalue weighted by molar-refractivity contribution is 5.89. The Morgan fingerprint density at radius 2 is 1.35 bits per heavy atom. The molecule has 20 heavy (non-hydrogen) atoms. The molecular weight excluding hydrogens is 252 g/mol. The van der Waals surface area contributed by atoms with Crippen molar-refractivity contribution >= 4 is 11.8 Å². The van der Waals surface area contributed by atoms with E-state index in [-0.39, 0.29) is 22.8 Å². The molecule has 0 aliphatic carbocycles. The van der Waals surface area contributed by atoms with Gasteiger partial charge in [-0.25, -0.2) is 0 Å². The molecule has 0 radical (unpaired) electrons. The van der Waals surface area contributed by atoms with Gasteiger partial charge in [-0.3, -0.25) is 9.59 Å². The van der Waals surface area contributed by atoms with Crippen molar-refractivity contribution in [3.8, 4) is 0 Å².